The number of nitrogens with zero attached hydrogens (tertiary/aromatic N) is 2. The number of aryl methyl sites for hydroxylation is 1. The quantitative estimate of drug-likeness (QED) is 0.286. The zero-order valence-electron chi connectivity index (χ0n) is 21.0. The van der Waals surface area contributed by atoms with E-state index in [1.807, 2.05) is 91.2 Å². The summed E-state index contributed by atoms with van der Waals surface area (Å²) in [7, 11) is 1.62. The standard InChI is InChI=1S/C31H25N3O3S/c1-19-12-14-20(15-13-19)28-23-9-3-4-10-24(23)32-30(35)29(28)25-18-26(21-7-5-8-22(17-21)37-2)34(33-25)31(36)27-11-6-16-38-27/h3-17,26H,18H2,1-2H3,(H,32,35)/t26-/m1/s1. The van der Waals surface area contributed by atoms with Gasteiger partial charge in [-0.15, -0.1) is 11.3 Å². The number of fused-ring (bicyclic) bond motifs is 1. The number of para-hydroxylation sites is 1. The zero-order chi connectivity index (χ0) is 26.2. The number of rotatable bonds is 5. The Hall–Kier alpha value is -4.49. The van der Waals surface area contributed by atoms with Gasteiger partial charge in [-0.05, 0) is 47.7 Å². The number of nitrogens with one attached hydrogen (secondary N) is 1. The molecule has 188 valence electrons. The molecule has 6 rings (SSSR count). The average molecular weight is 520 g/mol. The molecule has 1 aliphatic rings. The Morgan fingerprint density at radius 3 is 2.58 bits per heavy atom. The third-order valence-electron chi connectivity index (χ3n) is 6.88. The highest BCUT2D eigenvalue weighted by atomic mass is 32.1. The summed E-state index contributed by atoms with van der Waals surface area (Å²) in [5.41, 5.74) is 5.36. The zero-order valence-corrected chi connectivity index (χ0v) is 21.8. The predicted octanol–water partition coefficient (Wildman–Crippen LogP) is 6.57. The maximum absolute atomic E-state index is 13.7. The first-order valence-corrected chi connectivity index (χ1v) is 13.2. The van der Waals surface area contributed by atoms with Gasteiger partial charge in [0, 0.05) is 22.9 Å². The number of aromatic nitrogens is 1. The molecule has 0 spiro atoms. The summed E-state index contributed by atoms with van der Waals surface area (Å²) in [6, 6.07) is 26.8. The van der Waals surface area contributed by atoms with Crippen LogP contribution in [0.2, 0.25) is 0 Å². The fourth-order valence-corrected chi connectivity index (χ4v) is 5.66. The van der Waals surface area contributed by atoms with Gasteiger partial charge >= 0.3 is 0 Å². The number of ether oxygens (including phenoxy) is 1. The second-order valence-corrected chi connectivity index (χ2v) is 10.2. The molecule has 38 heavy (non-hydrogen) atoms. The number of aromatic amines is 1. The van der Waals surface area contributed by atoms with Crippen molar-refractivity contribution in [1.82, 2.24) is 9.99 Å². The highest BCUT2D eigenvalue weighted by molar-refractivity contribution is 7.12. The number of thiophene rings is 1. The molecule has 0 saturated carbocycles. The highest BCUT2D eigenvalue weighted by Gasteiger charge is 2.36. The Labute approximate surface area is 223 Å². The SMILES string of the molecule is COc1cccc([C@H]2CC(c3c(-c4ccc(C)cc4)c4ccccc4[nH]c3=O)=NN2C(=O)c2cccs2)c1. The summed E-state index contributed by atoms with van der Waals surface area (Å²) in [5, 5.41) is 9.16. The van der Waals surface area contributed by atoms with Crippen molar-refractivity contribution in [3.8, 4) is 16.9 Å². The van der Waals surface area contributed by atoms with Crippen LogP contribution in [0, 0.1) is 6.92 Å². The van der Waals surface area contributed by atoms with Crippen LogP contribution in [0.1, 0.15) is 38.8 Å². The molecule has 5 aromatic rings. The van der Waals surface area contributed by atoms with Crippen LogP contribution in [-0.2, 0) is 0 Å². The molecule has 0 radical (unpaired) electrons. The average Bonchev–Trinajstić information content (AvgIpc) is 3.64. The van der Waals surface area contributed by atoms with Gasteiger partial charge < -0.3 is 9.72 Å². The summed E-state index contributed by atoms with van der Waals surface area (Å²) >= 11 is 1.37. The fourth-order valence-electron chi connectivity index (χ4n) is 5.01. The van der Waals surface area contributed by atoms with Gasteiger partial charge in [-0.25, -0.2) is 5.01 Å². The molecular weight excluding hydrogens is 494 g/mol. The Bertz CT molecular complexity index is 1740. The Morgan fingerprint density at radius 1 is 1.00 bits per heavy atom. The molecule has 0 bridgehead atoms. The Balaban J connectivity index is 1.56. The van der Waals surface area contributed by atoms with Gasteiger partial charge in [0.15, 0.2) is 0 Å². The number of carbonyl (C=O) groups excluding carboxylic acids is 1. The predicted molar refractivity (Wildman–Crippen MR) is 152 cm³/mol. The van der Waals surface area contributed by atoms with Crippen molar-refractivity contribution in [3.05, 3.63) is 122 Å². The van der Waals surface area contributed by atoms with Gasteiger partial charge in [0.1, 0.15) is 5.75 Å². The molecule has 3 heterocycles. The van der Waals surface area contributed by atoms with Crippen LogP contribution in [0.4, 0.5) is 0 Å². The van der Waals surface area contributed by atoms with Crippen molar-refractivity contribution in [3.63, 3.8) is 0 Å². The number of methoxy groups -OCH3 is 1. The van der Waals surface area contributed by atoms with Crippen molar-refractivity contribution >= 4 is 33.9 Å². The van der Waals surface area contributed by atoms with E-state index in [4.69, 9.17) is 9.84 Å². The number of H-pyrrole nitrogens is 1. The van der Waals surface area contributed by atoms with Gasteiger partial charge in [-0.2, -0.15) is 5.10 Å². The van der Waals surface area contributed by atoms with E-state index in [9.17, 15) is 9.59 Å². The minimum Gasteiger partial charge on any atom is -0.497 e. The molecule has 3 aromatic carbocycles. The van der Waals surface area contributed by atoms with E-state index in [0.29, 0.717) is 28.3 Å². The van der Waals surface area contributed by atoms with Crippen molar-refractivity contribution in [2.24, 2.45) is 5.10 Å². The lowest BCUT2D eigenvalue weighted by molar-refractivity contribution is 0.0716. The third-order valence-corrected chi connectivity index (χ3v) is 7.74. The van der Waals surface area contributed by atoms with Crippen molar-refractivity contribution in [1.29, 1.82) is 0 Å². The smallest absolute Gasteiger partial charge is 0.284 e. The second-order valence-electron chi connectivity index (χ2n) is 9.29. The molecule has 1 atom stereocenters. The molecule has 7 heteroatoms. The van der Waals surface area contributed by atoms with Crippen LogP contribution >= 0.6 is 11.3 Å². The van der Waals surface area contributed by atoms with Gasteiger partial charge in [0.25, 0.3) is 11.5 Å². The van der Waals surface area contributed by atoms with Gasteiger partial charge in [0.2, 0.25) is 0 Å². The summed E-state index contributed by atoms with van der Waals surface area (Å²) < 4.78 is 5.45. The second kappa shape index (κ2) is 9.76. The minimum atomic E-state index is -0.383. The lowest BCUT2D eigenvalue weighted by Crippen LogP contribution is -2.26. The van der Waals surface area contributed by atoms with Crippen LogP contribution in [0.15, 0.2) is 100 Å². The molecule has 1 N–H and O–H groups in total. The van der Waals surface area contributed by atoms with Crippen molar-refractivity contribution < 1.29 is 9.53 Å². The van der Waals surface area contributed by atoms with Crippen LogP contribution in [0.5, 0.6) is 5.75 Å². The number of pyridine rings is 1. The fraction of sp³-hybridized carbons (Fsp3) is 0.129. The summed E-state index contributed by atoms with van der Waals surface area (Å²) in [6.07, 6.45) is 0.393. The summed E-state index contributed by atoms with van der Waals surface area (Å²) in [4.78, 5) is 30.9. The lowest BCUT2D eigenvalue weighted by Gasteiger charge is -2.22. The van der Waals surface area contributed by atoms with E-state index in [2.05, 4.69) is 4.98 Å². The lowest BCUT2D eigenvalue weighted by atomic mass is 9.90. The first-order chi connectivity index (χ1) is 18.5. The van der Waals surface area contributed by atoms with E-state index < -0.39 is 0 Å². The first-order valence-electron chi connectivity index (χ1n) is 12.3. The maximum Gasteiger partial charge on any atom is 0.284 e. The van der Waals surface area contributed by atoms with Gasteiger partial charge in [-0.3, -0.25) is 9.59 Å². The van der Waals surface area contributed by atoms with Crippen molar-refractivity contribution in [2.45, 2.75) is 19.4 Å². The largest absolute Gasteiger partial charge is 0.497 e. The normalized spacial score (nSPS) is 15.1. The van der Waals surface area contributed by atoms with Gasteiger partial charge in [0.05, 0.1) is 29.3 Å². The van der Waals surface area contributed by atoms with E-state index in [-0.39, 0.29) is 17.5 Å². The Morgan fingerprint density at radius 2 is 1.82 bits per heavy atom. The van der Waals surface area contributed by atoms with E-state index in [1.54, 1.807) is 13.2 Å². The first kappa shape index (κ1) is 23.9. The summed E-state index contributed by atoms with van der Waals surface area (Å²) in [6.45, 7) is 2.04. The van der Waals surface area contributed by atoms with Crippen LogP contribution in [0.25, 0.3) is 22.0 Å². The number of carbonyl (C=O) groups is 1. The van der Waals surface area contributed by atoms with Crippen molar-refractivity contribution in [2.75, 3.05) is 7.11 Å². The monoisotopic (exact) mass is 519 g/mol. The summed E-state index contributed by atoms with van der Waals surface area (Å²) in [5.74, 6) is 0.500. The highest BCUT2D eigenvalue weighted by Crippen LogP contribution is 2.38. The minimum absolute atomic E-state index is 0.197. The van der Waals surface area contributed by atoms with E-state index in [0.717, 1.165) is 33.2 Å². The van der Waals surface area contributed by atoms with Gasteiger partial charge in [-0.1, -0.05) is 66.2 Å². The molecule has 0 fully saturated rings. The third kappa shape index (κ3) is 4.21. The molecule has 0 unspecified atom stereocenters. The van der Waals surface area contributed by atoms with E-state index >= 15 is 0 Å². The molecular formula is C31H25N3O3S. The molecule has 1 amide bonds. The number of hydrogen-bond acceptors (Lipinski definition) is 5. The number of hydrazone groups is 1. The molecule has 0 saturated heterocycles. The molecule has 1 aliphatic heterocycles. The van der Waals surface area contributed by atoms with Crippen LogP contribution in [0.3, 0.4) is 0 Å². The van der Waals surface area contributed by atoms with Crippen LogP contribution in [-0.4, -0.2) is 28.7 Å². The number of benzene rings is 3. The number of hydrogen-bond donors (Lipinski definition) is 1. The number of amides is 1. The topological polar surface area (TPSA) is 74.8 Å². The molecule has 6 nitrogen and oxygen atoms in total. The molecule has 0 aliphatic carbocycles. The maximum atomic E-state index is 13.7. The van der Waals surface area contributed by atoms with Crippen LogP contribution < -0.4 is 10.3 Å². The van der Waals surface area contributed by atoms with E-state index in [1.165, 1.54) is 16.3 Å². The Kier molecular flexibility index (Phi) is 6.13. The molecule has 2 aromatic heterocycles.